The van der Waals surface area contributed by atoms with Crippen LogP contribution in [0.25, 0.3) is 112 Å². The summed E-state index contributed by atoms with van der Waals surface area (Å²) in [5.74, 6) is 0.502. The summed E-state index contributed by atoms with van der Waals surface area (Å²) in [5, 5.41) is 2.15. The number of H-pyrrole nitrogens is 2. The number of aromatic amines is 2. The molecular weight excluding hydrogens is 747 g/mol. The molecule has 0 saturated carbocycles. The summed E-state index contributed by atoms with van der Waals surface area (Å²) < 4.78 is 6.75. The Hall–Kier alpha value is -8.35. The van der Waals surface area contributed by atoms with Crippen LogP contribution in [0.15, 0.2) is 186 Å². The highest BCUT2D eigenvalue weighted by Gasteiger charge is 2.26. The molecule has 0 amide bonds. The van der Waals surface area contributed by atoms with Crippen LogP contribution in [0.2, 0.25) is 0 Å². The zero-order valence-corrected chi connectivity index (χ0v) is 32.8. The molecule has 286 valence electrons. The summed E-state index contributed by atoms with van der Waals surface area (Å²) in [6.07, 6.45) is 6.41. The first-order valence-corrected chi connectivity index (χ1v) is 20.4. The van der Waals surface area contributed by atoms with Crippen molar-refractivity contribution in [2.45, 2.75) is 0 Å². The van der Waals surface area contributed by atoms with Gasteiger partial charge in [-0.3, -0.25) is 0 Å². The fraction of sp³-hybridized carbons (Fsp3) is 0. The van der Waals surface area contributed by atoms with Crippen LogP contribution in [0.5, 0.6) is 0 Å². The van der Waals surface area contributed by atoms with Crippen LogP contribution >= 0.6 is 0 Å². The van der Waals surface area contributed by atoms with E-state index in [4.69, 9.17) is 19.4 Å². The lowest BCUT2D eigenvalue weighted by Gasteiger charge is -2.08. The first-order valence-electron chi connectivity index (χ1n) is 20.4. The van der Waals surface area contributed by atoms with Crippen LogP contribution in [-0.4, -0.2) is 24.9 Å². The van der Waals surface area contributed by atoms with Gasteiger partial charge in [0.15, 0.2) is 5.58 Å². The molecule has 2 aliphatic heterocycles. The highest BCUT2D eigenvalue weighted by atomic mass is 16.3. The average Bonchev–Trinajstić information content (AvgIpc) is 4.18. The Labute approximate surface area is 350 Å². The van der Waals surface area contributed by atoms with Crippen LogP contribution in [-0.2, 0) is 0 Å². The van der Waals surface area contributed by atoms with E-state index in [0.717, 1.165) is 117 Å². The van der Waals surface area contributed by atoms with E-state index in [0.29, 0.717) is 5.89 Å². The predicted octanol–water partition coefficient (Wildman–Crippen LogP) is 14.0. The summed E-state index contributed by atoms with van der Waals surface area (Å²) >= 11 is 0. The normalized spacial score (nSPS) is 12.3. The molecule has 2 aliphatic rings. The molecule has 4 aromatic heterocycles. The molecule has 6 heteroatoms. The SMILES string of the molecule is C1=Cc2nc1c(-c1ccccc1)c1ccc([nH]1)c(-c1ccccc1)c1nc(c(-c3ccccc3)c3ccc([nH]3)c2-c2ccccc2)C(c2nc3c(ccc4ccccc43)o2)=C1. The van der Waals surface area contributed by atoms with Crippen molar-refractivity contribution < 1.29 is 4.42 Å². The van der Waals surface area contributed by atoms with Gasteiger partial charge in [0.1, 0.15) is 5.52 Å². The average molecular weight is 782 g/mol. The van der Waals surface area contributed by atoms with Crippen molar-refractivity contribution in [2.75, 3.05) is 0 Å². The number of nitrogens with zero attached hydrogens (tertiary/aromatic N) is 3. The zero-order chi connectivity index (χ0) is 40.3. The molecule has 61 heavy (non-hydrogen) atoms. The Morgan fingerprint density at radius 2 is 0.836 bits per heavy atom. The third-order valence-corrected chi connectivity index (χ3v) is 11.6. The molecule has 0 unspecified atom stereocenters. The first kappa shape index (κ1) is 34.7. The Bertz CT molecular complexity index is 3560. The fourth-order valence-electron chi connectivity index (χ4n) is 8.85. The molecule has 0 radical (unpaired) electrons. The van der Waals surface area contributed by atoms with E-state index in [2.05, 4.69) is 168 Å². The molecule has 8 bridgehead atoms. The van der Waals surface area contributed by atoms with Gasteiger partial charge < -0.3 is 14.4 Å². The second kappa shape index (κ2) is 14.2. The van der Waals surface area contributed by atoms with Crippen LogP contribution < -0.4 is 0 Å². The van der Waals surface area contributed by atoms with E-state index in [1.165, 1.54) is 0 Å². The molecule has 2 N–H and O–H groups in total. The number of benzene rings is 6. The van der Waals surface area contributed by atoms with E-state index in [-0.39, 0.29) is 0 Å². The number of oxazole rings is 1. The van der Waals surface area contributed by atoms with Crippen molar-refractivity contribution in [3.63, 3.8) is 0 Å². The number of aromatic nitrogens is 5. The van der Waals surface area contributed by atoms with Crippen LogP contribution in [0.1, 0.15) is 28.7 Å². The summed E-state index contributed by atoms with van der Waals surface area (Å²) in [6, 6.07) is 62.9. The molecule has 6 aromatic carbocycles. The Kier molecular flexibility index (Phi) is 8.06. The number of fused-ring (bicyclic) bond motifs is 11. The number of nitrogens with one attached hydrogen (secondary N) is 2. The second-order valence-corrected chi connectivity index (χ2v) is 15.3. The maximum Gasteiger partial charge on any atom is 0.229 e. The summed E-state index contributed by atoms with van der Waals surface area (Å²) in [4.78, 5) is 24.1. The van der Waals surface area contributed by atoms with Gasteiger partial charge in [-0.2, -0.15) is 0 Å². The van der Waals surface area contributed by atoms with Gasteiger partial charge in [0.05, 0.1) is 28.3 Å². The largest absolute Gasteiger partial charge is 0.436 e. The standard InChI is InChI=1S/C55H35N5O/c1-5-16-35(17-6-1)49-41-26-27-42(56-41)50(36-18-7-2-8-19-36)44-30-31-46(58-44)52(38-22-11-4-12-23-38)54-40(55-60-53-39-24-14-13-15-34(39)25-32-48(53)61-55)33-47(59-54)51(37-20-9-3-10-21-37)45-29-28-43(49)57-45/h1-33,57-58H. The highest BCUT2D eigenvalue weighted by Crippen LogP contribution is 2.43. The van der Waals surface area contributed by atoms with Crippen molar-refractivity contribution in [1.29, 1.82) is 0 Å². The fourth-order valence-corrected chi connectivity index (χ4v) is 8.85. The van der Waals surface area contributed by atoms with E-state index >= 15 is 0 Å². The first-order chi connectivity index (χ1) is 30.2. The third-order valence-electron chi connectivity index (χ3n) is 11.6. The molecule has 0 atom stereocenters. The number of rotatable bonds is 5. The van der Waals surface area contributed by atoms with Gasteiger partial charge >= 0.3 is 0 Å². The smallest absolute Gasteiger partial charge is 0.229 e. The lowest BCUT2D eigenvalue weighted by Crippen LogP contribution is -1.92. The minimum Gasteiger partial charge on any atom is -0.436 e. The molecule has 0 saturated heterocycles. The van der Waals surface area contributed by atoms with Crippen LogP contribution in [0, 0.1) is 0 Å². The van der Waals surface area contributed by atoms with Gasteiger partial charge in [-0.05, 0) is 76.2 Å². The van der Waals surface area contributed by atoms with Crippen LogP contribution in [0.4, 0.5) is 0 Å². The molecule has 6 heterocycles. The minimum absolute atomic E-state index is 0.502. The molecule has 0 fully saturated rings. The van der Waals surface area contributed by atoms with E-state index < -0.39 is 0 Å². The van der Waals surface area contributed by atoms with Gasteiger partial charge in [0.25, 0.3) is 0 Å². The summed E-state index contributed by atoms with van der Waals surface area (Å²) in [5.41, 5.74) is 17.4. The Morgan fingerprint density at radius 1 is 0.377 bits per heavy atom. The molecule has 0 aliphatic carbocycles. The lowest BCUT2D eigenvalue weighted by atomic mass is 9.99. The maximum atomic E-state index is 6.75. The van der Waals surface area contributed by atoms with Crippen molar-refractivity contribution in [3.8, 4) is 44.5 Å². The van der Waals surface area contributed by atoms with Crippen molar-refractivity contribution >= 4 is 67.7 Å². The number of hydrogen-bond acceptors (Lipinski definition) is 4. The van der Waals surface area contributed by atoms with E-state index in [1.807, 2.05) is 42.5 Å². The van der Waals surface area contributed by atoms with Gasteiger partial charge in [-0.1, -0.05) is 152 Å². The van der Waals surface area contributed by atoms with Gasteiger partial charge in [-0.15, -0.1) is 0 Å². The number of hydrogen-bond donors (Lipinski definition) is 2. The second-order valence-electron chi connectivity index (χ2n) is 15.3. The monoisotopic (exact) mass is 781 g/mol. The lowest BCUT2D eigenvalue weighted by molar-refractivity contribution is 0.585. The molecule has 10 aromatic rings. The third kappa shape index (κ3) is 5.92. The molecule has 0 spiro atoms. The zero-order valence-electron chi connectivity index (χ0n) is 32.8. The maximum absolute atomic E-state index is 6.75. The minimum atomic E-state index is 0.502. The summed E-state index contributed by atoms with van der Waals surface area (Å²) in [6.45, 7) is 0. The predicted molar refractivity (Wildman–Crippen MR) is 250 cm³/mol. The van der Waals surface area contributed by atoms with E-state index in [9.17, 15) is 0 Å². The topological polar surface area (TPSA) is 83.4 Å². The summed E-state index contributed by atoms with van der Waals surface area (Å²) in [7, 11) is 0. The molecule has 6 nitrogen and oxygen atoms in total. The van der Waals surface area contributed by atoms with Gasteiger partial charge in [0, 0.05) is 49.7 Å². The Balaban J connectivity index is 1.28. The Morgan fingerprint density at radius 3 is 1.38 bits per heavy atom. The van der Waals surface area contributed by atoms with Crippen LogP contribution in [0.3, 0.4) is 0 Å². The highest BCUT2D eigenvalue weighted by molar-refractivity contribution is 6.07. The van der Waals surface area contributed by atoms with E-state index in [1.54, 1.807) is 0 Å². The van der Waals surface area contributed by atoms with Crippen molar-refractivity contribution in [3.05, 3.63) is 211 Å². The van der Waals surface area contributed by atoms with Gasteiger partial charge in [-0.25, -0.2) is 15.0 Å². The quantitative estimate of drug-likeness (QED) is 0.182. The molecular formula is C55H35N5O. The van der Waals surface area contributed by atoms with Gasteiger partial charge in [0.2, 0.25) is 5.89 Å². The van der Waals surface area contributed by atoms with Crippen molar-refractivity contribution in [2.24, 2.45) is 0 Å². The molecule has 12 rings (SSSR count). The van der Waals surface area contributed by atoms with Crippen molar-refractivity contribution in [1.82, 2.24) is 24.9 Å².